The number of hydrogen-bond donors (Lipinski definition) is 12. The van der Waals surface area contributed by atoms with Gasteiger partial charge in [-0.3, -0.25) is 38.4 Å². The molecule has 21 heteroatoms. The Hall–Kier alpha value is -5.83. The second-order valence-electron chi connectivity index (χ2n) is 10.0. The number of aliphatic carboxylic acids is 3. The monoisotopic (exact) mass is 683 g/mol. The Morgan fingerprint density at radius 2 is 1.19 bits per heavy atom. The molecule has 48 heavy (non-hydrogen) atoms. The number of phenols is 1. The Bertz CT molecular complexity index is 1350. The number of carbonyl (C=O) groups is 9. The molecule has 21 nitrogen and oxygen atoms in total. The number of rotatable bonds is 21. The summed E-state index contributed by atoms with van der Waals surface area (Å²) in [5.74, 6) is -10.2. The predicted octanol–water partition coefficient (Wildman–Crippen LogP) is -5.52. The molecule has 0 radical (unpaired) electrons. The van der Waals surface area contributed by atoms with Crippen LogP contribution in [0.3, 0.4) is 0 Å². The van der Waals surface area contributed by atoms with Crippen molar-refractivity contribution < 1.29 is 68.7 Å². The van der Waals surface area contributed by atoms with Gasteiger partial charge < -0.3 is 63.2 Å². The van der Waals surface area contributed by atoms with Gasteiger partial charge in [0.2, 0.25) is 35.4 Å². The predicted molar refractivity (Wildman–Crippen MR) is 158 cm³/mol. The number of carbonyl (C=O) groups excluding carboxylic acids is 6. The summed E-state index contributed by atoms with van der Waals surface area (Å²) in [5, 5.41) is 58.7. The van der Waals surface area contributed by atoms with Gasteiger partial charge in [-0.1, -0.05) is 12.1 Å². The van der Waals surface area contributed by atoms with Crippen molar-refractivity contribution in [3.63, 3.8) is 0 Å². The molecule has 0 heterocycles. The Morgan fingerprint density at radius 1 is 0.646 bits per heavy atom. The average molecular weight is 684 g/mol. The van der Waals surface area contributed by atoms with E-state index in [1.54, 1.807) is 0 Å². The van der Waals surface area contributed by atoms with Crippen molar-refractivity contribution >= 4 is 53.4 Å². The summed E-state index contributed by atoms with van der Waals surface area (Å²) in [4.78, 5) is 107. The molecule has 0 saturated carbocycles. The number of nitrogens with one attached hydrogen (secondary N) is 6. The van der Waals surface area contributed by atoms with Crippen molar-refractivity contribution in [1.82, 2.24) is 31.9 Å². The Balaban J connectivity index is 2.61. The lowest BCUT2D eigenvalue weighted by Gasteiger charge is -2.21. The van der Waals surface area contributed by atoms with Crippen LogP contribution >= 0.6 is 0 Å². The van der Waals surface area contributed by atoms with Crippen molar-refractivity contribution in [3.8, 4) is 5.75 Å². The standard InChI is InChI=1S/C27H37N7O14/c28-15(5-6-22(40)41)24(44)30-9-19(37)29-10-20(38)33-18(12-35)25(45)31-11-21(39)32-16(8-23(42)43)26(46)34-17(27(47)48)7-13-1-3-14(36)4-2-13/h1-4,15-18,35-36H,5-12,28H2,(H,29,37)(H,30,44)(H,31,45)(H,32,39)(H,33,38)(H,34,46)(H,40,41)(H,42,43)(H,47,48)/t15-,16-,17-,18-/m0/s1. The molecule has 0 fully saturated rings. The van der Waals surface area contributed by atoms with Gasteiger partial charge in [-0.2, -0.15) is 0 Å². The van der Waals surface area contributed by atoms with Crippen LogP contribution in [0.4, 0.5) is 0 Å². The molecule has 4 atom stereocenters. The smallest absolute Gasteiger partial charge is 0.326 e. The first-order valence-corrected chi connectivity index (χ1v) is 14.0. The second kappa shape index (κ2) is 20.3. The third kappa shape index (κ3) is 15.9. The minimum Gasteiger partial charge on any atom is -0.508 e. The zero-order chi connectivity index (χ0) is 36.4. The van der Waals surface area contributed by atoms with Crippen LogP contribution in [0.2, 0.25) is 0 Å². The number of aromatic hydroxyl groups is 1. The third-order valence-corrected chi connectivity index (χ3v) is 6.15. The summed E-state index contributed by atoms with van der Waals surface area (Å²) >= 11 is 0. The lowest BCUT2D eigenvalue weighted by Crippen LogP contribution is -2.56. The van der Waals surface area contributed by atoms with Crippen LogP contribution in [-0.4, -0.2) is 129 Å². The van der Waals surface area contributed by atoms with Crippen LogP contribution in [-0.2, 0) is 49.6 Å². The van der Waals surface area contributed by atoms with Gasteiger partial charge in [0.05, 0.1) is 38.7 Å². The second-order valence-corrected chi connectivity index (χ2v) is 10.0. The minimum atomic E-state index is -1.77. The molecule has 0 aliphatic rings. The summed E-state index contributed by atoms with van der Waals surface area (Å²) in [6.45, 7) is -3.14. The van der Waals surface area contributed by atoms with E-state index in [9.17, 15) is 63.6 Å². The molecule has 0 bridgehead atoms. The number of aliphatic hydroxyl groups excluding tert-OH is 1. The molecule has 6 amide bonds. The molecule has 264 valence electrons. The topological polar surface area (TPSA) is 353 Å². The molecular formula is C27H37N7O14. The lowest BCUT2D eigenvalue weighted by molar-refractivity contribution is -0.143. The molecule has 0 aromatic heterocycles. The number of carboxylic acid groups (broad SMARTS) is 3. The Labute approximate surface area is 271 Å². The van der Waals surface area contributed by atoms with Gasteiger partial charge in [-0.25, -0.2) is 4.79 Å². The third-order valence-electron chi connectivity index (χ3n) is 6.15. The highest BCUT2D eigenvalue weighted by Gasteiger charge is 2.29. The van der Waals surface area contributed by atoms with E-state index in [-0.39, 0.29) is 25.0 Å². The van der Waals surface area contributed by atoms with Gasteiger partial charge in [-0.05, 0) is 24.1 Å². The molecule has 0 unspecified atom stereocenters. The summed E-state index contributed by atoms with van der Waals surface area (Å²) in [5.41, 5.74) is 5.91. The molecule has 0 aliphatic carbocycles. The number of aliphatic hydroxyl groups is 1. The van der Waals surface area contributed by atoms with Crippen LogP contribution < -0.4 is 37.6 Å². The number of carboxylic acids is 3. The number of nitrogens with two attached hydrogens (primary N) is 1. The fraction of sp³-hybridized carbons (Fsp3) is 0.444. The van der Waals surface area contributed by atoms with E-state index in [4.69, 9.17) is 10.8 Å². The van der Waals surface area contributed by atoms with Crippen molar-refractivity contribution in [3.05, 3.63) is 29.8 Å². The SMILES string of the molecule is N[C@@H](CCC(=O)O)C(=O)NCC(=O)NCC(=O)N[C@@H](CO)C(=O)NCC(=O)N[C@@H](CC(=O)O)C(=O)N[C@@H](Cc1ccc(O)cc1)C(=O)O. The average Bonchev–Trinajstić information content (AvgIpc) is 3.02. The lowest BCUT2D eigenvalue weighted by atomic mass is 10.0. The molecule has 1 aromatic carbocycles. The Morgan fingerprint density at radius 3 is 1.73 bits per heavy atom. The van der Waals surface area contributed by atoms with Crippen molar-refractivity contribution in [2.75, 3.05) is 26.2 Å². The van der Waals surface area contributed by atoms with E-state index >= 15 is 0 Å². The number of hydrogen-bond acceptors (Lipinski definition) is 12. The van der Waals surface area contributed by atoms with Crippen LogP contribution in [0.25, 0.3) is 0 Å². The van der Waals surface area contributed by atoms with Gasteiger partial charge in [0.25, 0.3) is 0 Å². The fourth-order valence-corrected chi connectivity index (χ4v) is 3.65. The van der Waals surface area contributed by atoms with Gasteiger partial charge in [0, 0.05) is 12.8 Å². The molecule has 0 spiro atoms. The van der Waals surface area contributed by atoms with Crippen LogP contribution in [0, 0.1) is 0 Å². The Kier molecular flexibility index (Phi) is 17.0. The van der Waals surface area contributed by atoms with Crippen molar-refractivity contribution in [1.29, 1.82) is 0 Å². The molecule has 0 aliphatic heterocycles. The maximum absolute atomic E-state index is 12.7. The van der Waals surface area contributed by atoms with Gasteiger partial charge in [0.1, 0.15) is 23.9 Å². The van der Waals surface area contributed by atoms with Gasteiger partial charge in [0.15, 0.2) is 0 Å². The summed E-state index contributed by atoms with van der Waals surface area (Å²) < 4.78 is 0. The molecule has 13 N–H and O–H groups in total. The molecule has 1 rings (SSSR count). The quantitative estimate of drug-likeness (QED) is 0.0575. The van der Waals surface area contributed by atoms with Gasteiger partial charge >= 0.3 is 17.9 Å². The van der Waals surface area contributed by atoms with Crippen LogP contribution in [0.5, 0.6) is 5.75 Å². The van der Waals surface area contributed by atoms with E-state index in [2.05, 4.69) is 31.9 Å². The zero-order valence-electron chi connectivity index (χ0n) is 25.3. The first kappa shape index (κ1) is 40.2. The maximum atomic E-state index is 12.7. The highest BCUT2D eigenvalue weighted by atomic mass is 16.4. The molecule has 0 saturated heterocycles. The largest absolute Gasteiger partial charge is 0.508 e. The minimum absolute atomic E-state index is 0.0816. The maximum Gasteiger partial charge on any atom is 0.326 e. The highest BCUT2D eigenvalue weighted by Crippen LogP contribution is 2.12. The first-order valence-electron chi connectivity index (χ1n) is 14.0. The van der Waals surface area contributed by atoms with Crippen molar-refractivity contribution in [2.45, 2.75) is 49.9 Å². The van der Waals surface area contributed by atoms with E-state index < -0.39 is 110 Å². The number of benzene rings is 1. The number of amides is 6. The zero-order valence-corrected chi connectivity index (χ0v) is 25.3. The first-order chi connectivity index (χ1) is 22.5. The van der Waals surface area contributed by atoms with E-state index in [1.807, 2.05) is 0 Å². The summed E-state index contributed by atoms with van der Waals surface area (Å²) in [6.07, 6.45) is -1.75. The van der Waals surface area contributed by atoms with Gasteiger partial charge in [-0.15, -0.1) is 0 Å². The molecule has 1 aromatic rings. The fourth-order valence-electron chi connectivity index (χ4n) is 3.65. The van der Waals surface area contributed by atoms with E-state index in [0.717, 1.165) is 0 Å². The summed E-state index contributed by atoms with van der Waals surface area (Å²) in [7, 11) is 0. The van der Waals surface area contributed by atoms with E-state index in [0.29, 0.717) is 5.56 Å². The van der Waals surface area contributed by atoms with Crippen molar-refractivity contribution in [2.24, 2.45) is 5.73 Å². The normalized spacial score (nSPS) is 13.0. The van der Waals surface area contributed by atoms with Crippen LogP contribution in [0.15, 0.2) is 24.3 Å². The molecular weight excluding hydrogens is 646 g/mol. The summed E-state index contributed by atoms with van der Waals surface area (Å²) in [6, 6.07) is -0.719. The highest BCUT2D eigenvalue weighted by molar-refractivity contribution is 5.95. The van der Waals surface area contributed by atoms with Crippen LogP contribution in [0.1, 0.15) is 24.8 Å². The van der Waals surface area contributed by atoms with E-state index in [1.165, 1.54) is 24.3 Å². The number of phenolic OH excluding ortho intramolecular Hbond substituents is 1.